The van der Waals surface area contributed by atoms with Crippen molar-refractivity contribution in [2.75, 3.05) is 5.32 Å². The summed E-state index contributed by atoms with van der Waals surface area (Å²) in [5.41, 5.74) is 5.18. The molecule has 3 rings (SSSR count). The maximum Gasteiger partial charge on any atom is 0.143 e. The molecule has 3 aromatic carbocycles. The van der Waals surface area contributed by atoms with Crippen LogP contribution < -0.4 is 10.1 Å². The maximum atomic E-state index is 6.40. The summed E-state index contributed by atoms with van der Waals surface area (Å²) < 4.78 is 6.00. The lowest BCUT2D eigenvalue weighted by Gasteiger charge is -2.16. The summed E-state index contributed by atoms with van der Waals surface area (Å²) in [7, 11) is 0. The van der Waals surface area contributed by atoms with Crippen LogP contribution in [-0.4, -0.2) is 0 Å². The molecule has 2 nitrogen and oxygen atoms in total. The van der Waals surface area contributed by atoms with Crippen molar-refractivity contribution in [3.05, 3.63) is 90.9 Å². The fraction of sp³-hybridized carbons (Fsp3) is 0.182. The van der Waals surface area contributed by atoms with Gasteiger partial charge < -0.3 is 10.1 Å². The second kappa shape index (κ2) is 9.28. The van der Waals surface area contributed by atoms with Gasteiger partial charge in [-0.1, -0.05) is 58.5 Å². The number of anilines is 1. The topological polar surface area (TPSA) is 21.3 Å². The van der Waals surface area contributed by atoms with Gasteiger partial charge in [-0.2, -0.15) is 0 Å². The highest BCUT2D eigenvalue weighted by Crippen LogP contribution is 2.34. The third-order valence-corrected chi connectivity index (χ3v) is 5.55. The van der Waals surface area contributed by atoms with E-state index in [1.54, 1.807) is 18.2 Å². The fourth-order valence-corrected chi connectivity index (χ4v) is 3.80. The van der Waals surface area contributed by atoms with Gasteiger partial charge in [0.1, 0.15) is 12.4 Å². The summed E-state index contributed by atoms with van der Waals surface area (Å²) in [5.74, 6) is 0.577. The number of benzene rings is 3. The molecule has 0 bridgehead atoms. The van der Waals surface area contributed by atoms with Crippen LogP contribution in [0.15, 0.2) is 48.5 Å². The first-order valence-electron chi connectivity index (χ1n) is 8.69. The summed E-state index contributed by atoms with van der Waals surface area (Å²) in [5, 5.41) is 5.54. The fourth-order valence-electron chi connectivity index (χ4n) is 2.74. The van der Waals surface area contributed by atoms with E-state index >= 15 is 0 Å². The number of rotatable bonds is 6. The molecule has 0 fully saturated rings. The molecule has 146 valence electrons. The number of hydrogen-bond acceptors (Lipinski definition) is 2. The maximum absolute atomic E-state index is 6.40. The molecule has 0 aliphatic heterocycles. The molecular weight excluding hydrogens is 436 g/mol. The molecule has 0 aliphatic rings. The summed E-state index contributed by atoms with van der Waals surface area (Å²) >= 11 is 24.8. The van der Waals surface area contributed by atoms with Crippen molar-refractivity contribution in [3.63, 3.8) is 0 Å². The van der Waals surface area contributed by atoms with E-state index in [-0.39, 0.29) is 6.61 Å². The normalized spacial score (nSPS) is 10.8. The van der Waals surface area contributed by atoms with Crippen molar-refractivity contribution in [1.29, 1.82) is 0 Å². The zero-order valence-electron chi connectivity index (χ0n) is 15.5. The van der Waals surface area contributed by atoms with Crippen molar-refractivity contribution < 1.29 is 4.74 Å². The van der Waals surface area contributed by atoms with Crippen LogP contribution in [0.5, 0.6) is 5.75 Å². The van der Waals surface area contributed by atoms with Gasteiger partial charge in [-0.3, -0.25) is 0 Å². The molecule has 0 aliphatic carbocycles. The summed E-state index contributed by atoms with van der Waals surface area (Å²) in [6, 6.07) is 15.1. The van der Waals surface area contributed by atoms with Crippen LogP contribution in [0.3, 0.4) is 0 Å². The molecule has 0 saturated heterocycles. The Labute approximate surface area is 185 Å². The highest BCUT2D eigenvalue weighted by Gasteiger charge is 2.13. The van der Waals surface area contributed by atoms with Crippen molar-refractivity contribution in [2.45, 2.75) is 27.0 Å². The van der Waals surface area contributed by atoms with E-state index in [1.807, 2.05) is 18.2 Å². The van der Waals surface area contributed by atoms with E-state index < -0.39 is 0 Å². The van der Waals surface area contributed by atoms with E-state index in [1.165, 1.54) is 11.1 Å². The first-order valence-corrected chi connectivity index (χ1v) is 10.2. The van der Waals surface area contributed by atoms with Gasteiger partial charge in [0, 0.05) is 38.4 Å². The predicted molar refractivity (Wildman–Crippen MR) is 120 cm³/mol. The van der Waals surface area contributed by atoms with Crippen LogP contribution >= 0.6 is 46.4 Å². The van der Waals surface area contributed by atoms with E-state index in [9.17, 15) is 0 Å². The van der Waals surface area contributed by atoms with Crippen molar-refractivity contribution >= 4 is 52.1 Å². The molecule has 0 atom stereocenters. The Morgan fingerprint density at radius 2 is 1.50 bits per heavy atom. The lowest BCUT2D eigenvalue weighted by Crippen LogP contribution is -2.05. The number of nitrogens with one attached hydrogen (secondary N) is 1. The lowest BCUT2D eigenvalue weighted by molar-refractivity contribution is 0.303. The van der Waals surface area contributed by atoms with Crippen LogP contribution in [0.1, 0.15) is 22.3 Å². The quantitative estimate of drug-likeness (QED) is 0.406. The van der Waals surface area contributed by atoms with Gasteiger partial charge in [0.2, 0.25) is 0 Å². The minimum absolute atomic E-state index is 0.272. The molecule has 0 heterocycles. The standard InChI is InChI=1S/C22H19Cl4NO/c1-13-3-6-19(7-14(13)2)27-11-16-8-18(24)10-21(26)22(16)28-12-15-4-5-17(23)9-20(15)25/h3-10,27H,11-12H2,1-2H3. The van der Waals surface area contributed by atoms with Crippen LogP contribution in [0.4, 0.5) is 5.69 Å². The monoisotopic (exact) mass is 453 g/mol. The molecule has 3 aromatic rings. The Bertz CT molecular complexity index is 1000. The number of hydrogen-bond donors (Lipinski definition) is 1. The lowest BCUT2D eigenvalue weighted by atomic mass is 10.1. The highest BCUT2D eigenvalue weighted by atomic mass is 35.5. The van der Waals surface area contributed by atoms with Gasteiger partial charge in [0.15, 0.2) is 0 Å². The van der Waals surface area contributed by atoms with E-state index in [0.29, 0.717) is 32.4 Å². The van der Waals surface area contributed by atoms with Crippen LogP contribution in [0, 0.1) is 13.8 Å². The Kier molecular flexibility index (Phi) is 7.00. The average molecular weight is 455 g/mol. The molecule has 0 radical (unpaired) electrons. The van der Waals surface area contributed by atoms with Crippen LogP contribution in [-0.2, 0) is 13.2 Å². The van der Waals surface area contributed by atoms with Gasteiger partial charge >= 0.3 is 0 Å². The van der Waals surface area contributed by atoms with Gasteiger partial charge in [-0.15, -0.1) is 0 Å². The third-order valence-electron chi connectivity index (χ3n) is 4.46. The predicted octanol–water partition coefficient (Wildman–Crippen LogP) is 8.11. The van der Waals surface area contributed by atoms with E-state index in [2.05, 4.69) is 31.3 Å². The summed E-state index contributed by atoms with van der Waals surface area (Å²) in [6.45, 7) is 4.96. The summed E-state index contributed by atoms with van der Waals surface area (Å²) in [4.78, 5) is 0. The van der Waals surface area contributed by atoms with Gasteiger partial charge in [0.05, 0.1) is 5.02 Å². The van der Waals surface area contributed by atoms with Gasteiger partial charge in [0.25, 0.3) is 0 Å². The number of halogens is 4. The molecule has 6 heteroatoms. The van der Waals surface area contributed by atoms with Gasteiger partial charge in [-0.25, -0.2) is 0 Å². The summed E-state index contributed by atoms with van der Waals surface area (Å²) in [6.07, 6.45) is 0. The zero-order valence-corrected chi connectivity index (χ0v) is 18.5. The molecule has 1 N–H and O–H groups in total. The van der Waals surface area contributed by atoms with Crippen molar-refractivity contribution in [3.8, 4) is 5.75 Å². The minimum atomic E-state index is 0.272. The first kappa shape index (κ1) is 21.1. The molecule has 0 saturated carbocycles. The minimum Gasteiger partial charge on any atom is -0.487 e. The molecular formula is C22H19Cl4NO. The second-order valence-electron chi connectivity index (χ2n) is 6.55. The van der Waals surface area contributed by atoms with E-state index in [0.717, 1.165) is 16.8 Å². The second-order valence-corrected chi connectivity index (χ2v) is 8.24. The smallest absolute Gasteiger partial charge is 0.143 e. The third kappa shape index (κ3) is 5.27. The number of ether oxygens (including phenoxy) is 1. The molecule has 0 aromatic heterocycles. The highest BCUT2D eigenvalue weighted by molar-refractivity contribution is 6.36. The Balaban J connectivity index is 1.79. The Morgan fingerprint density at radius 3 is 2.21 bits per heavy atom. The van der Waals surface area contributed by atoms with Crippen molar-refractivity contribution in [2.24, 2.45) is 0 Å². The van der Waals surface area contributed by atoms with Crippen LogP contribution in [0.2, 0.25) is 20.1 Å². The zero-order chi connectivity index (χ0) is 20.3. The van der Waals surface area contributed by atoms with Gasteiger partial charge in [-0.05, 0) is 61.4 Å². The Hall–Kier alpha value is -1.58. The number of aryl methyl sites for hydroxylation is 2. The van der Waals surface area contributed by atoms with E-state index in [4.69, 9.17) is 51.1 Å². The van der Waals surface area contributed by atoms with Crippen LogP contribution in [0.25, 0.3) is 0 Å². The molecule has 0 unspecified atom stereocenters. The average Bonchev–Trinajstić information content (AvgIpc) is 2.63. The molecule has 0 amide bonds. The Morgan fingerprint density at radius 1 is 0.750 bits per heavy atom. The molecule has 0 spiro atoms. The van der Waals surface area contributed by atoms with Crippen molar-refractivity contribution in [1.82, 2.24) is 0 Å². The molecule has 28 heavy (non-hydrogen) atoms. The largest absolute Gasteiger partial charge is 0.487 e. The SMILES string of the molecule is Cc1ccc(NCc2cc(Cl)cc(Cl)c2OCc2ccc(Cl)cc2Cl)cc1C. The first-order chi connectivity index (χ1) is 13.3.